The maximum Gasteiger partial charge on any atom is 0.272 e. The summed E-state index contributed by atoms with van der Waals surface area (Å²) >= 11 is 0. The number of carbonyl (C=O) groups is 1. The minimum atomic E-state index is -0.278. The number of hydrogen-bond acceptors (Lipinski definition) is 4. The molecule has 1 aromatic carbocycles. The maximum absolute atomic E-state index is 12.3. The molecule has 21 heavy (non-hydrogen) atoms. The molecule has 3 aromatic rings. The lowest BCUT2D eigenvalue weighted by Crippen LogP contribution is -2.18. The van der Waals surface area contributed by atoms with Crippen molar-refractivity contribution in [1.82, 2.24) is 10.4 Å². The van der Waals surface area contributed by atoms with Gasteiger partial charge in [-0.25, -0.2) is 5.43 Å². The fraction of sp³-hybridized carbons (Fsp3) is 0.0625. The van der Waals surface area contributed by atoms with Gasteiger partial charge in [-0.2, -0.15) is 5.10 Å². The molecule has 0 unspecified atom stereocenters. The van der Waals surface area contributed by atoms with Gasteiger partial charge in [-0.05, 0) is 31.2 Å². The number of hydrazone groups is 1. The van der Waals surface area contributed by atoms with E-state index in [1.165, 1.54) is 6.21 Å². The fourth-order valence-electron chi connectivity index (χ4n) is 2.08. The van der Waals surface area contributed by atoms with Gasteiger partial charge in [-0.3, -0.25) is 9.78 Å². The highest BCUT2D eigenvalue weighted by molar-refractivity contribution is 6.06. The molecule has 5 heteroatoms. The number of carbonyl (C=O) groups excluding carboxylic acids is 1. The summed E-state index contributed by atoms with van der Waals surface area (Å²) in [4.78, 5) is 16.7. The first-order chi connectivity index (χ1) is 10.2. The van der Waals surface area contributed by atoms with Crippen LogP contribution >= 0.6 is 0 Å². The molecule has 0 aliphatic heterocycles. The number of nitrogens with one attached hydrogen (secondary N) is 1. The quantitative estimate of drug-likeness (QED) is 0.592. The van der Waals surface area contributed by atoms with Crippen LogP contribution in [0.5, 0.6) is 0 Å². The Morgan fingerprint density at radius 1 is 1.29 bits per heavy atom. The maximum atomic E-state index is 12.3. The molecule has 0 atom stereocenters. The highest BCUT2D eigenvalue weighted by Gasteiger charge is 2.10. The van der Waals surface area contributed by atoms with E-state index in [4.69, 9.17) is 4.42 Å². The number of rotatable bonds is 3. The molecule has 0 bridgehead atoms. The average Bonchev–Trinajstić information content (AvgIpc) is 2.99. The van der Waals surface area contributed by atoms with Crippen molar-refractivity contribution in [2.75, 3.05) is 0 Å². The summed E-state index contributed by atoms with van der Waals surface area (Å²) in [6.07, 6.45) is 3.00. The van der Waals surface area contributed by atoms with Crippen molar-refractivity contribution in [2.24, 2.45) is 5.10 Å². The van der Waals surface area contributed by atoms with Crippen molar-refractivity contribution >= 4 is 23.0 Å². The molecule has 0 aliphatic carbocycles. The van der Waals surface area contributed by atoms with E-state index in [0.29, 0.717) is 11.3 Å². The second-order valence-corrected chi connectivity index (χ2v) is 4.54. The van der Waals surface area contributed by atoms with Crippen LogP contribution in [-0.4, -0.2) is 17.1 Å². The largest absolute Gasteiger partial charge is 0.463 e. The predicted octanol–water partition coefficient (Wildman–Crippen LogP) is 2.90. The zero-order valence-electron chi connectivity index (χ0n) is 11.4. The average molecular weight is 279 g/mol. The number of pyridine rings is 1. The van der Waals surface area contributed by atoms with Crippen molar-refractivity contribution in [3.8, 4) is 0 Å². The Balaban J connectivity index is 1.87. The standard InChI is InChI=1S/C16H13N3O2/c1-11-9-14(13-6-2-3-7-15(13)18-11)16(20)19-17-10-12-5-4-8-21-12/h2-10H,1H3,(H,19,20)/b17-10-. The van der Waals surface area contributed by atoms with E-state index in [1.807, 2.05) is 31.2 Å². The second-order valence-electron chi connectivity index (χ2n) is 4.54. The third-order valence-corrected chi connectivity index (χ3v) is 2.99. The molecule has 2 heterocycles. The van der Waals surface area contributed by atoms with Gasteiger partial charge in [0.1, 0.15) is 5.76 Å². The molecule has 104 valence electrons. The number of hydrogen-bond donors (Lipinski definition) is 1. The van der Waals surface area contributed by atoms with E-state index in [9.17, 15) is 4.79 Å². The fourth-order valence-corrected chi connectivity index (χ4v) is 2.08. The summed E-state index contributed by atoms with van der Waals surface area (Å²) in [6.45, 7) is 1.86. The van der Waals surface area contributed by atoms with Gasteiger partial charge in [-0.15, -0.1) is 0 Å². The van der Waals surface area contributed by atoms with Crippen molar-refractivity contribution < 1.29 is 9.21 Å². The number of aryl methyl sites for hydroxylation is 1. The Labute approximate surface area is 121 Å². The third kappa shape index (κ3) is 2.81. The van der Waals surface area contributed by atoms with E-state index < -0.39 is 0 Å². The van der Waals surface area contributed by atoms with Gasteiger partial charge in [0.15, 0.2) is 0 Å². The summed E-state index contributed by atoms with van der Waals surface area (Å²) in [6, 6.07) is 12.8. The first-order valence-electron chi connectivity index (χ1n) is 6.47. The summed E-state index contributed by atoms with van der Waals surface area (Å²) < 4.78 is 5.10. The van der Waals surface area contributed by atoms with Crippen LogP contribution in [0.3, 0.4) is 0 Å². The molecular weight excluding hydrogens is 266 g/mol. The van der Waals surface area contributed by atoms with E-state index in [0.717, 1.165) is 16.6 Å². The van der Waals surface area contributed by atoms with Gasteiger partial charge >= 0.3 is 0 Å². The number of nitrogens with zero attached hydrogens (tertiary/aromatic N) is 2. The molecule has 0 saturated carbocycles. The Hall–Kier alpha value is -2.95. The van der Waals surface area contributed by atoms with Gasteiger partial charge in [0, 0.05) is 11.1 Å². The van der Waals surface area contributed by atoms with Crippen molar-refractivity contribution in [2.45, 2.75) is 6.92 Å². The van der Waals surface area contributed by atoms with E-state index in [2.05, 4.69) is 15.5 Å². The van der Waals surface area contributed by atoms with E-state index in [1.54, 1.807) is 24.5 Å². The van der Waals surface area contributed by atoms with Crippen LogP contribution in [0.15, 0.2) is 58.2 Å². The summed E-state index contributed by atoms with van der Waals surface area (Å²) in [5.74, 6) is 0.297. The van der Waals surface area contributed by atoms with Gasteiger partial charge in [0.05, 0.1) is 23.6 Å². The number of furan rings is 1. The van der Waals surface area contributed by atoms with Crippen LogP contribution in [-0.2, 0) is 0 Å². The monoisotopic (exact) mass is 279 g/mol. The molecule has 2 aromatic heterocycles. The highest BCUT2D eigenvalue weighted by atomic mass is 16.3. The number of para-hydroxylation sites is 1. The van der Waals surface area contributed by atoms with Crippen LogP contribution in [0.1, 0.15) is 21.8 Å². The Morgan fingerprint density at radius 3 is 2.95 bits per heavy atom. The molecule has 0 saturated heterocycles. The number of amides is 1. The second kappa shape index (κ2) is 5.58. The molecule has 0 aliphatic rings. The van der Waals surface area contributed by atoms with Gasteiger partial charge in [-0.1, -0.05) is 18.2 Å². The van der Waals surface area contributed by atoms with E-state index >= 15 is 0 Å². The van der Waals surface area contributed by atoms with Gasteiger partial charge < -0.3 is 4.42 Å². The topological polar surface area (TPSA) is 67.5 Å². The minimum Gasteiger partial charge on any atom is -0.463 e. The lowest BCUT2D eigenvalue weighted by atomic mass is 10.1. The molecule has 0 spiro atoms. The van der Waals surface area contributed by atoms with Crippen molar-refractivity contribution in [3.05, 3.63) is 65.7 Å². The number of fused-ring (bicyclic) bond motifs is 1. The smallest absolute Gasteiger partial charge is 0.272 e. The predicted molar refractivity (Wildman–Crippen MR) is 80.2 cm³/mol. The van der Waals surface area contributed by atoms with Crippen molar-refractivity contribution in [1.29, 1.82) is 0 Å². The normalized spacial score (nSPS) is 11.1. The summed E-state index contributed by atoms with van der Waals surface area (Å²) in [7, 11) is 0. The van der Waals surface area contributed by atoms with Crippen LogP contribution in [0.25, 0.3) is 10.9 Å². The zero-order chi connectivity index (χ0) is 14.7. The number of aromatic nitrogens is 1. The molecule has 0 fully saturated rings. The Morgan fingerprint density at radius 2 is 2.14 bits per heavy atom. The molecule has 0 radical (unpaired) electrons. The van der Waals surface area contributed by atoms with Crippen LogP contribution in [0, 0.1) is 6.92 Å². The SMILES string of the molecule is Cc1cc(C(=O)N/N=C\c2ccco2)c2ccccc2n1. The molecular formula is C16H13N3O2. The summed E-state index contributed by atoms with van der Waals surface area (Å²) in [5, 5.41) is 4.69. The Kier molecular flexibility index (Phi) is 3.47. The molecule has 5 nitrogen and oxygen atoms in total. The first kappa shape index (κ1) is 13.1. The Bertz CT molecular complexity index is 808. The third-order valence-electron chi connectivity index (χ3n) is 2.99. The number of benzene rings is 1. The highest BCUT2D eigenvalue weighted by Crippen LogP contribution is 2.18. The van der Waals surface area contributed by atoms with Crippen LogP contribution in [0.4, 0.5) is 0 Å². The molecule has 1 amide bonds. The van der Waals surface area contributed by atoms with Crippen molar-refractivity contribution in [3.63, 3.8) is 0 Å². The van der Waals surface area contributed by atoms with Crippen LogP contribution in [0.2, 0.25) is 0 Å². The lowest BCUT2D eigenvalue weighted by Gasteiger charge is -2.06. The molecule has 1 N–H and O–H groups in total. The molecule has 3 rings (SSSR count). The van der Waals surface area contributed by atoms with E-state index in [-0.39, 0.29) is 5.91 Å². The first-order valence-corrected chi connectivity index (χ1v) is 6.47. The summed E-state index contributed by atoms with van der Waals surface area (Å²) in [5.41, 5.74) is 4.63. The minimum absolute atomic E-state index is 0.278. The zero-order valence-corrected chi connectivity index (χ0v) is 11.4. The lowest BCUT2D eigenvalue weighted by molar-refractivity contribution is 0.0956. The van der Waals surface area contributed by atoms with Gasteiger partial charge in [0.25, 0.3) is 5.91 Å². The van der Waals surface area contributed by atoms with Crippen LogP contribution < -0.4 is 5.43 Å². The van der Waals surface area contributed by atoms with Gasteiger partial charge in [0.2, 0.25) is 0 Å².